The van der Waals surface area contributed by atoms with Gasteiger partial charge in [-0.3, -0.25) is 0 Å². The van der Waals surface area contributed by atoms with Crippen LogP contribution in [0.4, 0.5) is 0 Å². The minimum Gasteiger partial charge on any atom is -0.106 e. The fourth-order valence-electron chi connectivity index (χ4n) is 1.92. The van der Waals surface area contributed by atoms with Crippen molar-refractivity contribution in [2.24, 2.45) is 0 Å². The van der Waals surface area contributed by atoms with Crippen molar-refractivity contribution < 1.29 is 0 Å². The molecule has 0 spiro atoms. The molecule has 2 rings (SSSR count). The average molecular weight is 214 g/mol. The first-order valence-electron chi connectivity index (χ1n) is 5.10. The predicted molar refractivity (Wildman–Crippen MR) is 70.7 cm³/mol. The molecule has 0 N–H and O–H groups in total. The minimum absolute atomic E-state index is 1.23. The highest BCUT2D eigenvalue weighted by Gasteiger charge is 2.03. The molecule has 1 unspecified atom stereocenters. The van der Waals surface area contributed by atoms with E-state index in [9.17, 15) is 0 Å². The molecule has 0 aromatic heterocycles. The van der Waals surface area contributed by atoms with Crippen molar-refractivity contribution in [1.82, 2.24) is 0 Å². The van der Waals surface area contributed by atoms with Gasteiger partial charge in [0.05, 0.1) is 0 Å². The number of hydrogen-bond acceptors (Lipinski definition) is 0. The number of benzene rings is 2. The molecular formula is C14H15P. The van der Waals surface area contributed by atoms with Gasteiger partial charge >= 0.3 is 0 Å². The predicted octanol–water partition coefficient (Wildman–Crippen LogP) is 3.47. The quantitative estimate of drug-likeness (QED) is 0.638. The van der Waals surface area contributed by atoms with Crippen molar-refractivity contribution in [1.29, 1.82) is 0 Å². The smallest absolute Gasteiger partial charge is 0.0125 e. The van der Waals surface area contributed by atoms with E-state index in [-0.39, 0.29) is 0 Å². The molecule has 2 aromatic carbocycles. The van der Waals surface area contributed by atoms with Crippen LogP contribution >= 0.6 is 9.24 Å². The van der Waals surface area contributed by atoms with Gasteiger partial charge in [-0.15, -0.1) is 9.24 Å². The van der Waals surface area contributed by atoms with Gasteiger partial charge in [-0.05, 0) is 41.4 Å². The van der Waals surface area contributed by atoms with Gasteiger partial charge in [-0.2, -0.15) is 0 Å². The summed E-state index contributed by atoms with van der Waals surface area (Å²) in [7, 11) is 2.71. The normalized spacial score (nSPS) is 10.3. The highest BCUT2D eigenvalue weighted by atomic mass is 31.0. The molecule has 0 bridgehead atoms. The minimum atomic E-state index is 1.23. The van der Waals surface area contributed by atoms with E-state index in [1.54, 1.807) is 0 Å². The molecule has 0 aliphatic rings. The summed E-state index contributed by atoms with van der Waals surface area (Å²) < 4.78 is 0. The maximum absolute atomic E-state index is 2.71. The van der Waals surface area contributed by atoms with Gasteiger partial charge in [0.15, 0.2) is 0 Å². The third-order valence-corrected chi connectivity index (χ3v) is 3.07. The van der Waals surface area contributed by atoms with E-state index in [1.165, 1.54) is 27.6 Å². The van der Waals surface area contributed by atoms with Crippen LogP contribution in [0.1, 0.15) is 11.1 Å². The molecule has 0 heterocycles. The Morgan fingerprint density at radius 1 is 0.800 bits per heavy atom. The Morgan fingerprint density at radius 2 is 1.33 bits per heavy atom. The molecule has 0 fully saturated rings. The zero-order chi connectivity index (χ0) is 10.8. The summed E-state index contributed by atoms with van der Waals surface area (Å²) in [6, 6.07) is 15.1. The van der Waals surface area contributed by atoms with Crippen molar-refractivity contribution in [2.45, 2.75) is 13.8 Å². The second kappa shape index (κ2) is 4.16. The summed E-state index contributed by atoms with van der Waals surface area (Å²) in [5, 5.41) is 1.23. The first-order chi connectivity index (χ1) is 7.18. The molecule has 0 aliphatic carbocycles. The van der Waals surface area contributed by atoms with Crippen molar-refractivity contribution in [3.05, 3.63) is 53.6 Å². The van der Waals surface area contributed by atoms with Crippen molar-refractivity contribution in [3.63, 3.8) is 0 Å². The lowest BCUT2D eigenvalue weighted by Crippen LogP contribution is -1.91. The van der Waals surface area contributed by atoms with E-state index in [4.69, 9.17) is 0 Å². The van der Waals surface area contributed by atoms with Crippen LogP contribution in [0.25, 0.3) is 11.1 Å². The summed E-state index contributed by atoms with van der Waals surface area (Å²) >= 11 is 0. The molecule has 76 valence electrons. The Labute approximate surface area is 93.5 Å². The Morgan fingerprint density at radius 3 is 1.87 bits per heavy atom. The molecule has 0 nitrogen and oxygen atoms in total. The molecule has 0 saturated heterocycles. The fraction of sp³-hybridized carbons (Fsp3) is 0.143. The lowest BCUT2D eigenvalue weighted by atomic mass is 9.96. The molecule has 15 heavy (non-hydrogen) atoms. The van der Waals surface area contributed by atoms with Gasteiger partial charge in [0.1, 0.15) is 0 Å². The number of hydrogen-bond donors (Lipinski definition) is 0. The van der Waals surface area contributed by atoms with Crippen LogP contribution in [0, 0.1) is 13.8 Å². The van der Waals surface area contributed by atoms with E-state index in [0.29, 0.717) is 0 Å². The van der Waals surface area contributed by atoms with Gasteiger partial charge in [0.25, 0.3) is 0 Å². The van der Waals surface area contributed by atoms with Gasteiger partial charge in [-0.25, -0.2) is 0 Å². The molecule has 0 saturated carbocycles. The molecule has 0 radical (unpaired) electrons. The Hall–Kier alpha value is -1.13. The zero-order valence-corrected chi connectivity index (χ0v) is 10.3. The summed E-state index contributed by atoms with van der Waals surface area (Å²) in [5.41, 5.74) is 5.34. The average Bonchev–Trinajstić information content (AvgIpc) is 2.20. The highest BCUT2D eigenvalue weighted by Crippen LogP contribution is 2.26. The molecule has 1 atom stereocenters. The molecular weight excluding hydrogens is 199 g/mol. The van der Waals surface area contributed by atoms with Crippen LogP contribution in [0.15, 0.2) is 42.5 Å². The van der Waals surface area contributed by atoms with Crippen molar-refractivity contribution in [3.8, 4) is 11.1 Å². The topological polar surface area (TPSA) is 0 Å². The van der Waals surface area contributed by atoms with Gasteiger partial charge in [0.2, 0.25) is 0 Å². The van der Waals surface area contributed by atoms with Crippen molar-refractivity contribution in [2.75, 3.05) is 0 Å². The van der Waals surface area contributed by atoms with Crippen molar-refractivity contribution >= 4 is 14.5 Å². The van der Waals surface area contributed by atoms with E-state index < -0.39 is 0 Å². The Kier molecular flexibility index (Phi) is 2.88. The standard InChI is InChI=1S/C14H15P/c1-10-4-3-5-11(2)14(10)12-6-8-13(15)9-7-12/h3-9H,15H2,1-2H3. The van der Waals surface area contributed by atoms with Crippen LogP contribution < -0.4 is 5.30 Å². The summed E-state index contributed by atoms with van der Waals surface area (Å²) in [6.07, 6.45) is 0. The maximum Gasteiger partial charge on any atom is -0.0125 e. The molecule has 2 aromatic rings. The van der Waals surface area contributed by atoms with Gasteiger partial charge in [0, 0.05) is 0 Å². The van der Waals surface area contributed by atoms with E-state index in [0.717, 1.165) is 0 Å². The fourth-order valence-corrected chi connectivity index (χ4v) is 2.11. The van der Waals surface area contributed by atoms with Gasteiger partial charge < -0.3 is 0 Å². The SMILES string of the molecule is Cc1cccc(C)c1-c1ccc(P)cc1. The molecule has 0 amide bonds. The maximum atomic E-state index is 2.71. The Balaban J connectivity index is 2.58. The number of aryl methyl sites for hydroxylation is 2. The monoisotopic (exact) mass is 214 g/mol. The van der Waals surface area contributed by atoms with Crippen LogP contribution in [-0.4, -0.2) is 0 Å². The first kappa shape index (κ1) is 10.4. The van der Waals surface area contributed by atoms with Crippen LogP contribution in [-0.2, 0) is 0 Å². The summed E-state index contributed by atoms with van der Waals surface area (Å²) in [5.74, 6) is 0. The van der Waals surface area contributed by atoms with E-state index in [2.05, 4.69) is 65.6 Å². The highest BCUT2D eigenvalue weighted by molar-refractivity contribution is 7.27. The first-order valence-corrected chi connectivity index (χ1v) is 5.68. The third-order valence-electron chi connectivity index (χ3n) is 2.68. The lowest BCUT2D eigenvalue weighted by molar-refractivity contribution is 1.38. The Bertz CT molecular complexity index is 449. The summed E-state index contributed by atoms with van der Waals surface area (Å²) in [6.45, 7) is 4.33. The van der Waals surface area contributed by atoms with Crippen LogP contribution in [0.2, 0.25) is 0 Å². The summed E-state index contributed by atoms with van der Waals surface area (Å²) in [4.78, 5) is 0. The van der Waals surface area contributed by atoms with Crippen LogP contribution in [0.3, 0.4) is 0 Å². The lowest BCUT2D eigenvalue weighted by Gasteiger charge is -2.09. The second-order valence-corrected chi connectivity index (χ2v) is 4.56. The zero-order valence-electron chi connectivity index (χ0n) is 9.12. The third kappa shape index (κ3) is 2.11. The van der Waals surface area contributed by atoms with E-state index in [1.807, 2.05) is 0 Å². The second-order valence-electron chi connectivity index (χ2n) is 3.89. The van der Waals surface area contributed by atoms with Gasteiger partial charge in [-0.1, -0.05) is 42.5 Å². The number of rotatable bonds is 1. The molecule has 1 heteroatoms. The molecule has 0 aliphatic heterocycles. The largest absolute Gasteiger partial charge is 0.106 e. The van der Waals surface area contributed by atoms with E-state index >= 15 is 0 Å². The van der Waals surface area contributed by atoms with Crippen LogP contribution in [0.5, 0.6) is 0 Å².